The van der Waals surface area contributed by atoms with Crippen LogP contribution < -0.4 is 16.0 Å². The number of H-pyrrole nitrogens is 1. The Morgan fingerprint density at radius 2 is 1.86 bits per heavy atom. The van der Waals surface area contributed by atoms with Crippen molar-refractivity contribution in [1.82, 2.24) is 11.1 Å². The molecule has 0 aliphatic heterocycles. The summed E-state index contributed by atoms with van der Waals surface area (Å²) in [5, 5.41) is 1.07. The Labute approximate surface area is 135 Å². The van der Waals surface area contributed by atoms with Crippen LogP contribution in [0.25, 0.3) is 10.9 Å². The van der Waals surface area contributed by atoms with E-state index in [0.717, 1.165) is 14.5 Å². The molecule has 1 aromatic heterocycles. The molecule has 7 heteroatoms. The maximum atomic E-state index is 12.3. The summed E-state index contributed by atoms with van der Waals surface area (Å²) >= 11 is 2.19. The molecule has 0 aliphatic rings. The van der Waals surface area contributed by atoms with Crippen LogP contribution in [0.3, 0.4) is 0 Å². The standard InChI is InChI=1S/C14H11INO3P.H3N/c15-10-6-7-13-12(8-10)14(9-16-13)19-20(17,18)11-4-2-1-3-5-11;/h1-9,16H,(H,17,18);1H3. The molecule has 0 fully saturated rings. The first-order chi connectivity index (χ1) is 9.56. The van der Waals surface area contributed by atoms with Crippen LogP contribution in [0.5, 0.6) is 5.75 Å². The van der Waals surface area contributed by atoms with Crippen molar-refractivity contribution in [3.63, 3.8) is 0 Å². The molecular weight excluding hydrogens is 402 g/mol. The average Bonchev–Trinajstić information content (AvgIpc) is 2.82. The Morgan fingerprint density at radius 3 is 2.57 bits per heavy atom. The highest BCUT2D eigenvalue weighted by atomic mass is 127. The lowest BCUT2D eigenvalue weighted by molar-refractivity contribution is 0.395. The third-order valence-electron chi connectivity index (χ3n) is 2.91. The second kappa shape index (κ2) is 6.19. The monoisotopic (exact) mass is 416 g/mol. The van der Waals surface area contributed by atoms with E-state index in [9.17, 15) is 9.46 Å². The largest absolute Gasteiger partial charge is 0.419 e. The van der Waals surface area contributed by atoms with Crippen LogP contribution in [0.15, 0.2) is 54.7 Å². The van der Waals surface area contributed by atoms with Gasteiger partial charge in [-0.2, -0.15) is 0 Å². The number of nitrogens with one attached hydrogen (secondary N) is 1. The quantitative estimate of drug-likeness (QED) is 0.447. The van der Waals surface area contributed by atoms with Crippen molar-refractivity contribution >= 4 is 46.4 Å². The Morgan fingerprint density at radius 1 is 1.14 bits per heavy atom. The number of aromatic amines is 1. The van der Waals surface area contributed by atoms with Crippen molar-refractivity contribution in [2.45, 2.75) is 0 Å². The molecule has 0 saturated carbocycles. The predicted molar refractivity (Wildman–Crippen MR) is 92.6 cm³/mol. The number of fused-ring (bicyclic) bond motifs is 1. The molecule has 2 aromatic carbocycles. The second-order valence-corrected chi connectivity index (χ2v) is 7.28. The minimum absolute atomic E-state index is 0. The zero-order chi connectivity index (χ0) is 14.2. The molecule has 0 spiro atoms. The summed E-state index contributed by atoms with van der Waals surface area (Å²) in [5.41, 5.74) is 0.869. The molecule has 0 amide bonds. The van der Waals surface area contributed by atoms with E-state index in [1.165, 1.54) is 0 Å². The first kappa shape index (κ1) is 16.0. The molecule has 5 N–H and O–H groups in total. The summed E-state index contributed by atoms with van der Waals surface area (Å²) in [6, 6.07) is 14.1. The Hall–Kier alpha value is -1.34. The fourth-order valence-electron chi connectivity index (χ4n) is 1.95. The van der Waals surface area contributed by atoms with Crippen LogP contribution in [-0.2, 0) is 4.57 Å². The van der Waals surface area contributed by atoms with Crippen LogP contribution in [0.1, 0.15) is 0 Å². The van der Waals surface area contributed by atoms with Gasteiger partial charge >= 0.3 is 7.60 Å². The van der Waals surface area contributed by atoms with Crippen molar-refractivity contribution in [2.24, 2.45) is 0 Å². The number of hydrogen-bond donors (Lipinski definition) is 3. The number of rotatable bonds is 3. The summed E-state index contributed by atoms with van der Waals surface area (Å²) in [4.78, 5) is 13.1. The predicted octanol–water partition coefficient (Wildman–Crippen LogP) is 3.82. The normalized spacial score (nSPS) is 13.4. The highest BCUT2D eigenvalue weighted by molar-refractivity contribution is 14.1. The topological polar surface area (TPSA) is 97.3 Å². The molecule has 1 unspecified atom stereocenters. The molecule has 0 bridgehead atoms. The SMILES string of the molecule is N.O=P(O)(Oc1c[nH]c2ccc(I)cc12)c1ccccc1. The summed E-state index contributed by atoms with van der Waals surface area (Å²) in [6.45, 7) is 0. The van der Waals surface area contributed by atoms with Gasteiger partial charge in [0.1, 0.15) is 0 Å². The van der Waals surface area contributed by atoms with E-state index in [0.29, 0.717) is 5.75 Å². The first-order valence-electron chi connectivity index (χ1n) is 5.91. The summed E-state index contributed by atoms with van der Waals surface area (Å²) in [7, 11) is -3.88. The highest BCUT2D eigenvalue weighted by Crippen LogP contribution is 2.43. The highest BCUT2D eigenvalue weighted by Gasteiger charge is 2.25. The zero-order valence-electron chi connectivity index (χ0n) is 11.0. The van der Waals surface area contributed by atoms with Crippen molar-refractivity contribution in [2.75, 3.05) is 0 Å². The lowest BCUT2D eigenvalue weighted by Crippen LogP contribution is -2.08. The van der Waals surface area contributed by atoms with Gasteiger partial charge in [0, 0.05) is 20.7 Å². The van der Waals surface area contributed by atoms with Crippen LogP contribution >= 0.6 is 30.2 Å². The second-order valence-electron chi connectivity index (χ2n) is 4.29. The van der Waals surface area contributed by atoms with Crippen LogP contribution in [0.4, 0.5) is 0 Å². The molecule has 0 radical (unpaired) electrons. The first-order valence-corrected chi connectivity index (χ1v) is 8.56. The van der Waals surface area contributed by atoms with Gasteiger partial charge in [-0.25, -0.2) is 4.57 Å². The lowest BCUT2D eigenvalue weighted by Gasteiger charge is -2.12. The van der Waals surface area contributed by atoms with Crippen LogP contribution in [0, 0.1) is 3.57 Å². The number of halogens is 1. The van der Waals surface area contributed by atoms with E-state index in [4.69, 9.17) is 4.52 Å². The maximum absolute atomic E-state index is 12.3. The van der Waals surface area contributed by atoms with Gasteiger partial charge in [0.15, 0.2) is 5.75 Å². The van der Waals surface area contributed by atoms with Gasteiger partial charge in [-0.1, -0.05) is 18.2 Å². The van der Waals surface area contributed by atoms with E-state index in [1.54, 1.807) is 36.5 Å². The number of hydrogen-bond acceptors (Lipinski definition) is 3. The summed E-state index contributed by atoms with van der Waals surface area (Å²) in [5.74, 6) is 0.383. The van der Waals surface area contributed by atoms with E-state index in [-0.39, 0.29) is 11.5 Å². The molecule has 1 atom stereocenters. The fourth-order valence-corrected chi connectivity index (χ4v) is 3.51. The third-order valence-corrected chi connectivity index (χ3v) is 4.98. The molecule has 0 aliphatic carbocycles. The van der Waals surface area contributed by atoms with Gasteiger partial charge in [-0.15, -0.1) is 0 Å². The van der Waals surface area contributed by atoms with Crippen molar-refractivity contribution < 1.29 is 14.0 Å². The van der Waals surface area contributed by atoms with Gasteiger partial charge in [0.2, 0.25) is 0 Å². The van der Waals surface area contributed by atoms with E-state index >= 15 is 0 Å². The molecule has 5 nitrogen and oxygen atoms in total. The maximum Gasteiger partial charge on any atom is 0.408 e. The van der Waals surface area contributed by atoms with Gasteiger partial charge < -0.3 is 20.6 Å². The van der Waals surface area contributed by atoms with Crippen molar-refractivity contribution in [3.05, 3.63) is 58.3 Å². The Balaban J connectivity index is 0.00000161. The van der Waals surface area contributed by atoms with Gasteiger partial charge in [-0.05, 0) is 52.9 Å². The summed E-state index contributed by atoms with van der Waals surface area (Å²) in [6.07, 6.45) is 1.60. The smallest absolute Gasteiger partial charge is 0.408 e. The molecule has 3 rings (SSSR count). The third kappa shape index (κ3) is 3.29. The summed E-state index contributed by atoms with van der Waals surface area (Å²) < 4.78 is 18.7. The van der Waals surface area contributed by atoms with Crippen LogP contribution in [0.2, 0.25) is 0 Å². The molecule has 0 saturated heterocycles. The average molecular weight is 416 g/mol. The fraction of sp³-hybridized carbons (Fsp3) is 0. The van der Waals surface area contributed by atoms with Crippen LogP contribution in [-0.4, -0.2) is 9.88 Å². The number of aromatic nitrogens is 1. The minimum atomic E-state index is -3.88. The number of benzene rings is 2. The molecule has 1 heterocycles. The lowest BCUT2D eigenvalue weighted by atomic mass is 10.2. The van der Waals surface area contributed by atoms with E-state index in [2.05, 4.69) is 27.6 Å². The zero-order valence-corrected chi connectivity index (χ0v) is 14.0. The minimum Gasteiger partial charge on any atom is -0.419 e. The molecular formula is C14H14IN2O3P. The molecule has 3 aromatic rings. The van der Waals surface area contributed by atoms with Gasteiger partial charge in [0.25, 0.3) is 0 Å². The van der Waals surface area contributed by atoms with E-state index < -0.39 is 7.60 Å². The van der Waals surface area contributed by atoms with Gasteiger partial charge in [0.05, 0.1) is 5.30 Å². The Kier molecular flexibility index (Phi) is 4.73. The molecule has 21 heavy (non-hydrogen) atoms. The molecule has 110 valence electrons. The van der Waals surface area contributed by atoms with Crippen molar-refractivity contribution in [1.29, 1.82) is 0 Å². The van der Waals surface area contributed by atoms with Crippen molar-refractivity contribution in [3.8, 4) is 5.75 Å². The van der Waals surface area contributed by atoms with Gasteiger partial charge in [-0.3, -0.25) is 0 Å². The van der Waals surface area contributed by atoms with E-state index in [1.807, 2.05) is 18.2 Å². The Bertz CT molecular complexity index is 804.